The highest BCUT2D eigenvalue weighted by molar-refractivity contribution is 5.94. The van der Waals surface area contributed by atoms with E-state index in [2.05, 4.69) is 35.6 Å². The van der Waals surface area contributed by atoms with Gasteiger partial charge < -0.3 is 15.6 Å². The third kappa shape index (κ3) is 4.79. The predicted molar refractivity (Wildman–Crippen MR) is 106 cm³/mol. The number of pyridine rings is 1. The molecule has 0 saturated carbocycles. The third-order valence-corrected chi connectivity index (χ3v) is 4.82. The van der Waals surface area contributed by atoms with Gasteiger partial charge in [0.05, 0.1) is 29.7 Å². The lowest BCUT2D eigenvalue weighted by Gasteiger charge is -2.23. The Morgan fingerprint density at radius 3 is 2.77 bits per heavy atom. The van der Waals surface area contributed by atoms with Crippen LogP contribution in [0.2, 0.25) is 0 Å². The second kappa shape index (κ2) is 8.17. The summed E-state index contributed by atoms with van der Waals surface area (Å²) in [4.78, 5) is 20.0. The highest BCUT2D eigenvalue weighted by Gasteiger charge is 2.27. The first-order chi connectivity index (χ1) is 14.7. The zero-order valence-corrected chi connectivity index (χ0v) is 16.3. The summed E-state index contributed by atoms with van der Waals surface area (Å²) in [7, 11) is 0. The molecule has 1 unspecified atom stereocenters. The molecule has 3 aromatic heterocycles. The highest BCUT2D eigenvalue weighted by atomic mass is 19.4. The van der Waals surface area contributed by atoms with E-state index in [0.29, 0.717) is 45.8 Å². The average molecular weight is 439 g/mol. The van der Waals surface area contributed by atoms with Crippen LogP contribution in [-0.4, -0.2) is 57.4 Å². The van der Waals surface area contributed by atoms with E-state index in [1.165, 1.54) is 6.20 Å². The van der Waals surface area contributed by atoms with Crippen molar-refractivity contribution in [3.63, 3.8) is 0 Å². The Hall–Kier alpha value is -3.15. The zero-order valence-electron chi connectivity index (χ0n) is 16.3. The van der Waals surface area contributed by atoms with Crippen molar-refractivity contribution in [1.82, 2.24) is 25.3 Å². The molecular weight excluding hydrogens is 421 g/mol. The molecule has 1 aliphatic rings. The zero-order chi connectivity index (χ0) is 22.2. The molecule has 0 amide bonds. The number of aromatic amines is 1. The van der Waals surface area contributed by atoms with E-state index in [1.807, 2.05) is 0 Å². The van der Waals surface area contributed by atoms with Crippen LogP contribution in [0, 0.1) is 0 Å². The van der Waals surface area contributed by atoms with Gasteiger partial charge in [-0.25, -0.2) is 13.8 Å². The molecule has 3 aromatic rings. The van der Waals surface area contributed by atoms with Gasteiger partial charge in [-0.2, -0.15) is 18.2 Å². The van der Waals surface area contributed by atoms with E-state index in [9.17, 15) is 22.0 Å². The summed E-state index contributed by atoms with van der Waals surface area (Å²) in [5.74, 6) is -0.144. The summed E-state index contributed by atoms with van der Waals surface area (Å²) < 4.78 is 62.2. The number of nitrogens with one attached hydrogen (secondary N) is 3. The molecule has 4 heterocycles. The Balaban J connectivity index is 1.59. The summed E-state index contributed by atoms with van der Waals surface area (Å²) in [6, 6.07) is 3.22. The first-order valence-corrected chi connectivity index (χ1v) is 9.41. The van der Waals surface area contributed by atoms with Gasteiger partial charge in [-0.1, -0.05) is 0 Å². The minimum Gasteiger partial charge on any atom is -0.345 e. The van der Waals surface area contributed by atoms with Crippen LogP contribution in [-0.2, 0) is 6.42 Å². The Morgan fingerprint density at radius 2 is 2.03 bits per heavy atom. The third-order valence-electron chi connectivity index (χ3n) is 4.82. The van der Waals surface area contributed by atoms with Crippen molar-refractivity contribution in [1.29, 1.82) is 0 Å². The smallest absolute Gasteiger partial charge is 0.345 e. The number of alkyl halides is 5. The van der Waals surface area contributed by atoms with Crippen molar-refractivity contribution in [3.8, 4) is 11.3 Å². The van der Waals surface area contributed by atoms with Gasteiger partial charge in [0, 0.05) is 35.5 Å². The lowest BCUT2D eigenvalue weighted by Crippen LogP contribution is -2.41. The van der Waals surface area contributed by atoms with Crippen molar-refractivity contribution < 1.29 is 22.0 Å². The number of aliphatic imine (C=N–C) groups is 1. The van der Waals surface area contributed by atoms with Gasteiger partial charge >= 0.3 is 6.18 Å². The van der Waals surface area contributed by atoms with E-state index in [4.69, 9.17) is 0 Å². The van der Waals surface area contributed by atoms with Gasteiger partial charge in [0.1, 0.15) is 12.2 Å². The van der Waals surface area contributed by atoms with Gasteiger partial charge in [0.2, 0.25) is 5.95 Å². The summed E-state index contributed by atoms with van der Waals surface area (Å²) in [5, 5.41) is 5.52. The van der Waals surface area contributed by atoms with Crippen LogP contribution in [0.25, 0.3) is 22.3 Å². The van der Waals surface area contributed by atoms with Gasteiger partial charge in [0.25, 0.3) is 6.43 Å². The number of fused-ring (bicyclic) bond motifs is 2. The molecule has 4 rings (SSSR count). The largest absolute Gasteiger partial charge is 0.405 e. The van der Waals surface area contributed by atoms with Crippen LogP contribution < -0.4 is 10.6 Å². The number of halogens is 5. The van der Waals surface area contributed by atoms with Crippen molar-refractivity contribution in [2.45, 2.75) is 32.0 Å². The number of rotatable bonds is 6. The second-order valence-corrected chi connectivity index (χ2v) is 7.10. The fourth-order valence-electron chi connectivity index (χ4n) is 3.34. The minimum absolute atomic E-state index is 0.144. The highest BCUT2D eigenvalue weighted by Crippen LogP contribution is 2.31. The minimum atomic E-state index is -4.38. The van der Waals surface area contributed by atoms with Crippen LogP contribution >= 0.6 is 0 Å². The first kappa shape index (κ1) is 21.1. The first-order valence-electron chi connectivity index (χ1n) is 9.41. The lowest BCUT2D eigenvalue weighted by atomic mass is 10.0. The average Bonchev–Trinajstić information content (AvgIpc) is 3.13. The fraction of sp³-hybridized carbons (Fsp3) is 0.368. The maximum atomic E-state index is 12.6. The second-order valence-electron chi connectivity index (χ2n) is 7.10. The number of anilines is 1. The molecule has 0 saturated heterocycles. The quantitative estimate of drug-likeness (QED) is 0.508. The standard InChI is InChI=1S/C19H18F5N7/c1-9-14(25-7-16(20)21)4-15-13(29-9)3-2-12(30-15)10-5-26-17-11(10)6-27-18(31-17)28-8-19(22,23)24/h2-3,5-6,14,16,25H,4,7-8H2,1H3,(H2,26,27,28,31). The number of aromatic nitrogens is 4. The molecule has 31 heavy (non-hydrogen) atoms. The molecule has 0 radical (unpaired) electrons. The molecule has 164 valence electrons. The monoisotopic (exact) mass is 439 g/mol. The molecule has 0 bridgehead atoms. The molecule has 0 spiro atoms. The Morgan fingerprint density at radius 1 is 1.23 bits per heavy atom. The van der Waals surface area contributed by atoms with Gasteiger partial charge in [0.15, 0.2) is 0 Å². The van der Waals surface area contributed by atoms with E-state index in [-0.39, 0.29) is 12.0 Å². The van der Waals surface area contributed by atoms with E-state index < -0.39 is 25.7 Å². The molecule has 1 atom stereocenters. The van der Waals surface area contributed by atoms with Gasteiger partial charge in [-0.15, -0.1) is 0 Å². The van der Waals surface area contributed by atoms with Crippen LogP contribution in [0.3, 0.4) is 0 Å². The maximum Gasteiger partial charge on any atom is 0.405 e. The fourth-order valence-corrected chi connectivity index (χ4v) is 3.34. The summed E-state index contributed by atoms with van der Waals surface area (Å²) in [6.45, 7) is 0.109. The van der Waals surface area contributed by atoms with Crippen molar-refractivity contribution in [2.24, 2.45) is 4.99 Å². The molecule has 3 N–H and O–H groups in total. The van der Waals surface area contributed by atoms with Crippen LogP contribution in [0.1, 0.15) is 12.6 Å². The summed E-state index contributed by atoms with van der Waals surface area (Å²) in [5.41, 5.74) is 3.66. The van der Waals surface area contributed by atoms with E-state index in [1.54, 1.807) is 25.3 Å². The van der Waals surface area contributed by atoms with Crippen LogP contribution in [0.4, 0.5) is 33.6 Å². The summed E-state index contributed by atoms with van der Waals surface area (Å²) in [6.07, 6.45) is -3.37. The lowest BCUT2D eigenvalue weighted by molar-refractivity contribution is -0.115. The molecule has 12 heteroatoms. The maximum absolute atomic E-state index is 12.6. The molecular formula is C19H18F5N7. The van der Waals surface area contributed by atoms with E-state index >= 15 is 0 Å². The number of hydrogen-bond donors (Lipinski definition) is 3. The molecule has 0 aromatic carbocycles. The van der Waals surface area contributed by atoms with Crippen molar-refractivity contribution in [2.75, 3.05) is 18.4 Å². The van der Waals surface area contributed by atoms with Gasteiger partial charge in [-0.05, 0) is 19.1 Å². The molecule has 7 nitrogen and oxygen atoms in total. The number of hydrogen-bond acceptors (Lipinski definition) is 6. The Labute approximate surface area is 173 Å². The Bertz CT molecular complexity index is 1120. The van der Waals surface area contributed by atoms with E-state index in [0.717, 1.165) is 0 Å². The van der Waals surface area contributed by atoms with Crippen molar-refractivity contribution in [3.05, 3.63) is 30.2 Å². The molecule has 1 aliphatic heterocycles. The predicted octanol–water partition coefficient (Wildman–Crippen LogP) is 3.87. The normalized spacial score (nSPS) is 16.5. The summed E-state index contributed by atoms with van der Waals surface area (Å²) >= 11 is 0. The van der Waals surface area contributed by atoms with Crippen LogP contribution in [0.15, 0.2) is 29.5 Å². The number of H-pyrrole nitrogens is 1. The van der Waals surface area contributed by atoms with Crippen molar-refractivity contribution >= 4 is 28.4 Å². The number of nitrogens with zero attached hydrogens (tertiary/aromatic N) is 4. The topological polar surface area (TPSA) is 90.9 Å². The van der Waals surface area contributed by atoms with Crippen LogP contribution in [0.5, 0.6) is 0 Å². The van der Waals surface area contributed by atoms with Gasteiger partial charge in [-0.3, -0.25) is 9.98 Å². The SMILES string of the molecule is CC1=Nc2ccc(-c3c[nH]c4nc(NCC(F)(F)F)ncc34)nc2CC1NCC(F)F. The molecule has 0 fully saturated rings. The Kier molecular flexibility index (Phi) is 5.56. The molecule has 0 aliphatic carbocycles.